The Morgan fingerprint density at radius 1 is 1.20 bits per heavy atom. The lowest BCUT2D eigenvalue weighted by Crippen LogP contribution is -2.43. The quantitative estimate of drug-likeness (QED) is 0.586. The number of halogens is 1. The summed E-state index contributed by atoms with van der Waals surface area (Å²) in [7, 11) is 0. The second-order valence-corrected chi connectivity index (χ2v) is 7.54. The number of benzene rings is 1. The second-order valence-electron chi connectivity index (χ2n) is 7.54. The van der Waals surface area contributed by atoms with Gasteiger partial charge < -0.3 is 14.8 Å². The fourth-order valence-corrected chi connectivity index (χ4v) is 4.28. The van der Waals surface area contributed by atoms with Crippen LogP contribution >= 0.6 is 0 Å². The van der Waals surface area contributed by atoms with Crippen LogP contribution in [0.25, 0.3) is 0 Å². The minimum atomic E-state index is -0.969. The van der Waals surface area contributed by atoms with E-state index >= 15 is 0 Å². The van der Waals surface area contributed by atoms with Crippen LogP contribution in [0.5, 0.6) is 0 Å². The van der Waals surface area contributed by atoms with Crippen LogP contribution in [-0.2, 0) is 23.9 Å². The maximum absolute atomic E-state index is 14.1. The molecule has 1 aromatic rings. The highest BCUT2D eigenvalue weighted by molar-refractivity contribution is 6.12. The maximum Gasteiger partial charge on any atom is 0.336 e. The van der Waals surface area contributed by atoms with Gasteiger partial charge >= 0.3 is 11.9 Å². The van der Waals surface area contributed by atoms with Gasteiger partial charge in [-0.15, -0.1) is 0 Å². The molecule has 1 aromatic carbocycles. The highest BCUT2D eigenvalue weighted by Gasteiger charge is 2.47. The minimum Gasteiger partial charge on any atom is -0.465 e. The monoisotopic (exact) mass is 415 g/mol. The zero-order valence-electron chi connectivity index (χ0n) is 17.6. The lowest BCUT2D eigenvalue weighted by molar-refractivity contribution is -0.153. The summed E-state index contributed by atoms with van der Waals surface area (Å²) in [5, 5.41) is 3.17. The smallest absolute Gasteiger partial charge is 0.336 e. The molecule has 0 saturated heterocycles. The van der Waals surface area contributed by atoms with E-state index in [1.807, 2.05) is 6.92 Å². The Labute approximate surface area is 175 Å². The van der Waals surface area contributed by atoms with Crippen molar-refractivity contribution in [1.82, 2.24) is 5.32 Å². The van der Waals surface area contributed by atoms with Crippen molar-refractivity contribution in [3.63, 3.8) is 0 Å². The highest BCUT2D eigenvalue weighted by Crippen LogP contribution is 2.45. The number of rotatable bonds is 5. The Bertz CT molecular complexity index is 949. The van der Waals surface area contributed by atoms with Crippen molar-refractivity contribution < 1.29 is 28.2 Å². The zero-order chi connectivity index (χ0) is 22.0. The average Bonchev–Trinajstić information content (AvgIpc) is 2.67. The van der Waals surface area contributed by atoms with Gasteiger partial charge in [0.1, 0.15) is 11.7 Å². The molecular formula is C23H26FNO5. The van der Waals surface area contributed by atoms with Crippen molar-refractivity contribution in [2.75, 3.05) is 13.2 Å². The van der Waals surface area contributed by atoms with E-state index in [1.165, 1.54) is 18.2 Å². The van der Waals surface area contributed by atoms with E-state index in [-0.39, 0.29) is 24.7 Å². The molecular weight excluding hydrogens is 389 g/mol. The lowest BCUT2D eigenvalue weighted by Gasteiger charge is -2.38. The normalized spacial score (nSPS) is 23.6. The molecule has 3 rings (SSSR count). The number of ether oxygens (including phenoxy) is 2. The van der Waals surface area contributed by atoms with Crippen LogP contribution < -0.4 is 5.32 Å². The molecule has 0 fully saturated rings. The second kappa shape index (κ2) is 8.81. The topological polar surface area (TPSA) is 81.7 Å². The third-order valence-electron chi connectivity index (χ3n) is 5.51. The van der Waals surface area contributed by atoms with E-state index in [9.17, 15) is 18.8 Å². The first-order chi connectivity index (χ1) is 14.3. The van der Waals surface area contributed by atoms with Gasteiger partial charge in [0, 0.05) is 22.9 Å². The summed E-state index contributed by atoms with van der Waals surface area (Å²) in [6.45, 7) is 7.25. The van der Waals surface area contributed by atoms with Gasteiger partial charge in [-0.05, 0) is 50.8 Å². The van der Waals surface area contributed by atoms with E-state index < -0.39 is 35.4 Å². The van der Waals surface area contributed by atoms with Crippen molar-refractivity contribution >= 4 is 17.7 Å². The van der Waals surface area contributed by atoms with Crippen molar-refractivity contribution in [3.05, 3.63) is 58.2 Å². The van der Waals surface area contributed by atoms with Crippen molar-refractivity contribution in [2.45, 2.75) is 40.0 Å². The summed E-state index contributed by atoms with van der Waals surface area (Å²) in [4.78, 5) is 38.8. The summed E-state index contributed by atoms with van der Waals surface area (Å²) >= 11 is 0. The summed E-state index contributed by atoms with van der Waals surface area (Å²) in [5.74, 6) is -4.11. The molecule has 1 N–H and O–H groups in total. The van der Waals surface area contributed by atoms with Gasteiger partial charge in [-0.1, -0.05) is 19.1 Å². The van der Waals surface area contributed by atoms with Gasteiger partial charge in [0.2, 0.25) is 0 Å². The standard InChI is InChI=1S/C23H26FNO5/c1-5-29-22(27)17-12(3)10-16-20(21(17)26)19(14-8-7-9-15(24)11-14)18(13(4)25-16)23(28)30-6-2/h7-9,11-12,17,19,25H,5-6,10H2,1-4H3/t12-,17+,19-/m0/s1. The highest BCUT2D eigenvalue weighted by atomic mass is 19.1. The third-order valence-corrected chi connectivity index (χ3v) is 5.51. The lowest BCUT2D eigenvalue weighted by atomic mass is 9.69. The molecule has 30 heavy (non-hydrogen) atoms. The van der Waals surface area contributed by atoms with Crippen LogP contribution in [0, 0.1) is 17.7 Å². The van der Waals surface area contributed by atoms with Crippen molar-refractivity contribution in [3.8, 4) is 0 Å². The Morgan fingerprint density at radius 2 is 1.90 bits per heavy atom. The summed E-state index contributed by atoms with van der Waals surface area (Å²) in [5.41, 5.74) is 2.19. The van der Waals surface area contributed by atoms with E-state index in [0.717, 1.165) is 0 Å². The Balaban J connectivity index is 2.17. The molecule has 2 aliphatic rings. The van der Waals surface area contributed by atoms with Gasteiger partial charge in [-0.2, -0.15) is 0 Å². The van der Waals surface area contributed by atoms with Crippen LogP contribution in [0.1, 0.15) is 45.6 Å². The Morgan fingerprint density at radius 3 is 2.53 bits per heavy atom. The van der Waals surface area contributed by atoms with Gasteiger partial charge in [-0.25, -0.2) is 9.18 Å². The fraction of sp³-hybridized carbons (Fsp3) is 0.435. The number of hydrogen-bond donors (Lipinski definition) is 1. The first-order valence-electron chi connectivity index (χ1n) is 10.1. The molecule has 1 aliphatic heterocycles. The third kappa shape index (κ3) is 3.88. The first-order valence-corrected chi connectivity index (χ1v) is 10.1. The Kier molecular flexibility index (Phi) is 6.39. The van der Waals surface area contributed by atoms with Crippen LogP contribution in [0.2, 0.25) is 0 Å². The van der Waals surface area contributed by atoms with Crippen molar-refractivity contribution in [2.24, 2.45) is 11.8 Å². The van der Waals surface area contributed by atoms with E-state index in [0.29, 0.717) is 29.0 Å². The molecule has 160 valence electrons. The maximum atomic E-state index is 14.1. The fourth-order valence-electron chi connectivity index (χ4n) is 4.28. The van der Waals surface area contributed by atoms with Crippen molar-refractivity contribution in [1.29, 1.82) is 0 Å². The van der Waals surface area contributed by atoms with Crippen LogP contribution in [0.4, 0.5) is 4.39 Å². The number of esters is 2. The predicted octanol–water partition coefficient (Wildman–Crippen LogP) is 3.39. The summed E-state index contributed by atoms with van der Waals surface area (Å²) in [6.07, 6.45) is 0.434. The Hall–Kier alpha value is -2.96. The number of Topliss-reactive ketones (excluding diaryl/α,β-unsaturated/α-hetero) is 1. The molecule has 0 amide bonds. The largest absolute Gasteiger partial charge is 0.465 e. The molecule has 1 aliphatic carbocycles. The molecule has 0 spiro atoms. The molecule has 1 heterocycles. The molecule has 6 nitrogen and oxygen atoms in total. The number of allylic oxidation sites excluding steroid dienone is 3. The predicted molar refractivity (Wildman–Crippen MR) is 108 cm³/mol. The molecule has 0 aromatic heterocycles. The summed E-state index contributed by atoms with van der Waals surface area (Å²) in [6, 6.07) is 5.80. The van der Waals surface area contributed by atoms with Crippen LogP contribution in [-0.4, -0.2) is 30.9 Å². The number of carbonyl (C=O) groups excluding carboxylic acids is 3. The first kappa shape index (κ1) is 21.7. The van der Waals surface area contributed by atoms with Crippen LogP contribution in [0.15, 0.2) is 46.8 Å². The van der Waals surface area contributed by atoms with Crippen LogP contribution in [0.3, 0.4) is 0 Å². The zero-order valence-corrected chi connectivity index (χ0v) is 17.6. The van der Waals surface area contributed by atoms with E-state index in [2.05, 4.69) is 5.32 Å². The van der Waals surface area contributed by atoms with Gasteiger partial charge in [0.05, 0.1) is 18.8 Å². The molecule has 0 unspecified atom stereocenters. The van der Waals surface area contributed by atoms with Gasteiger partial charge in [0.15, 0.2) is 5.78 Å². The minimum absolute atomic E-state index is 0.161. The van der Waals surface area contributed by atoms with E-state index in [4.69, 9.17) is 9.47 Å². The van der Waals surface area contributed by atoms with Gasteiger partial charge in [-0.3, -0.25) is 9.59 Å². The molecule has 7 heteroatoms. The SMILES string of the molecule is CCOC(=O)C1=C(C)NC2=C(C(=O)[C@H](C(=O)OCC)[C@@H](C)C2)[C@H]1c1cccc(F)c1. The number of hydrogen-bond acceptors (Lipinski definition) is 6. The number of nitrogens with one attached hydrogen (secondary N) is 1. The molecule has 3 atom stereocenters. The number of carbonyl (C=O) groups is 3. The molecule has 0 saturated carbocycles. The average molecular weight is 415 g/mol. The molecule has 0 radical (unpaired) electrons. The van der Waals surface area contributed by atoms with E-state index in [1.54, 1.807) is 26.8 Å². The van der Waals surface area contributed by atoms with Gasteiger partial charge in [0.25, 0.3) is 0 Å². The number of dihydropyridines is 1. The molecule has 0 bridgehead atoms. The summed E-state index contributed by atoms with van der Waals surface area (Å²) < 4.78 is 24.4. The number of ketones is 1.